The predicted molar refractivity (Wildman–Crippen MR) is 86.9 cm³/mol. The summed E-state index contributed by atoms with van der Waals surface area (Å²) in [4.78, 5) is 16.4. The maximum absolute atomic E-state index is 11.9. The van der Waals surface area contributed by atoms with Gasteiger partial charge in [-0.15, -0.1) is 0 Å². The lowest BCUT2D eigenvalue weighted by atomic mass is 9.73. The minimum Gasteiger partial charge on any atom is -0.481 e. The molecule has 2 saturated heterocycles. The van der Waals surface area contributed by atoms with Crippen LogP contribution in [-0.2, 0) is 11.2 Å². The number of rotatable bonds is 5. The molecule has 4 heteroatoms. The van der Waals surface area contributed by atoms with Crippen LogP contribution in [0.3, 0.4) is 0 Å². The number of carboxylic acids is 1. The van der Waals surface area contributed by atoms with Crippen LogP contribution in [0.15, 0.2) is 30.3 Å². The van der Waals surface area contributed by atoms with Gasteiger partial charge in [0, 0.05) is 19.6 Å². The van der Waals surface area contributed by atoms with E-state index in [1.165, 1.54) is 5.56 Å². The molecule has 0 aromatic heterocycles. The lowest BCUT2D eigenvalue weighted by molar-refractivity contribution is -0.153. The Morgan fingerprint density at radius 3 is 2.82 bits per heavy atom. The average Bonchev–Trinajstić information content (AvgIpc) is 2.87. The largest absolute Gasteiger partial charge is 0.481 e. The number of benzene rings is 1. The Bertz CT molecular complexity index is 519. The highest BCUT2D eigenvalue weighted by atomic mass is 16.4. The SMILES string of the molecule is CN1CC[C@H]2CN(CCCc3ccccc3)C[C@@]2(C(=O)O)C1. The highest BCUT2D eigenvalue weighted by Crippen LogP contribution is 2.42. The number of piperidine rings is 1. The first kappa shape index (κ1) is 15.5. The quantitative estimate of drug-likeness (QED) is 0.903. The summed E-state index contributed by atoms with van der Waals surface area (Å²) in [5, 5.41) is 9.78. The summed E-state index contributed by atoms with van der Waals surface area (Å²) in [6.07, 6.45) is 3.18. The van der Waals surface area contributed by atoms with Crippen molar-refractivity contribution in [2.24, 2.45) is 11.3 Å². The Morgan fingerprint density at radius 2 is 2.09 bits per heavy atom. The molecule has 2 heterocycles. The molecule has 1 aromatic carbocycles. The van der Waals surface area contributed by atoms with Crippen molar-refractivity contribution >= 4 is 5.97 Å². The van der Waals surface area contributed by atoms with E-state index < -0.39 is 11.4 Å². The molecule has 0 unspecified atom stereocenters. The van der Waals surface area contributed by atoms with Crippen LogP contribution in [0.25, 0.3) is 0 Å². The smallest absolute Gasteiger partial charge is 0.312 e. The van der Waals surface area contributed by atoms with Crippen LogP contribution in [-0.4, -0.2) is 60.6 Å². The lowest BCUT2D eigenvalue weighted by Crippen LogP contribution is -2.52. The third-order valence-corrected chi connectivity index (χ3v) is 5.39. The van der Waals surface area contributed by atoms with Gasteiger partial charge in [-0.3, -0.25) is 4.79 Å². The van der Waals surface area contributed by atoms with Crippen LogP contribution in [0, 0.1) is 11.3 Å². The Morgan fingerprint density at radius 1 is 1.32 bits per heavy atom. The number of aryl methyl sites for hydroxylation is 1. The minimum atomic E-state index is -0.602. The van der Waals surface area contributed by atoms with Crippen molar-refractivity contribution in [3.63, 3.8) is 0 Å². The van der Waals surface area contributed by atoms with Gasteiger partial charge in [0.15, 0.2) is 0 Å². The van der Waals surface area contributed by atoms with Crippen LogP contribution in [0.1, 0.15) is 18.4 Å². The maximum Gasteiger partial charge on any atom is 0.312 e. The Kier molecular flexibility index (Phi) is 4.50. The highest BCUT2D eigenvalue weighted by Gasteiger charge is 2.54. The van der Waals surface area contributed by atoms with Crippen molar-refractivity contribution < 1.29 is 9.90 Å². The molecule has 0 amide bonds. The first-order valence-corrected chi connectivity index (χ1v) is 8.28. The van der Waals surface area contributed by atoms with Crippen molar-refractivity contribution in [3.8, 4) is 0 Å². The van der Waals surface area contributed by atoms with Crippen LogP contribution >= 0.6 is 0 Å². The lowest BCUT2D eigenvalue weighted by Gasteiger charge is -2.39. The number of hydrogen-bond donors (Lipinski definition) is 1. The zero-order valence-corrected chi connectivity index (χ0v) is 13.4. The number of hydrogen-bond acceptors (Lipinski definition) is 3. The molecule has 1 N–H and O–H groups in total. The highest BCUT2D eigenvalue weighted by molar-refractivity contribution is 5.76. The second kappa shape index (κ2) is 6.39. The first-order valence-electron chi connectivity index (χ1n) is 8.28. The van der Waals surface area contributed by atoms with Crippen LogP contribution in [0.5, 0.6) is 0 Å². The summed E-state index contributed by atoms with van der Waals surface area (Å²) in [5.41, 5.74) is 0.825. The Labute approximate surface area is 132 Å². The number of fused-ring (bicyclic) bond motifs is 1. The van der Waals surface area contributed by atoms with Crippen molar-refractivity contribution in [1.29, 1.82) is 0 Å². The molecule has 2 atom stereocenters. The zero-order chi connectivity index (χ0) is 15.6. The van der Waals surface area contributed by atoms with Gasteiger partial charge in [-0.05, 0) is 50.9 Å². The molecule has 0 aliphatic carbocycles. The minimum absolute atomic E-state index is 0.318. The second-order valence-corrected chi connectivity index (χ2v) is 7.01. The molecule has 2 aliphatic rings. The molecule has 2 aliphatic heterocycles. The van der Waals surface area contributed by atoms with Crippen molar-refractivity contribution in [1.82, 2.24) is 9.80 Å². The molecule has 0 spiro atoms. The second-order valence-electron chi connectivity index (χ2n) is 7.01. The van der Waals surface area contributed by atoms with Gasteiger partial charge in [-0.2, -0.15) is 0 Å². The van der Waals surface area contributed by atoms with E-state index in [1.54, 1.807) is 0 Å². The van der Waals surface area contributed by atoms with E-state index in [0.717, 1.165) is 38.9 Å². The molecule has 0 bridgehead atoms. The monoisotopic (exact) mass is 302 g/mol. The van der Waals surface area contributed by atoms with Crippen LogP contribution in [0.4, 0.5) is 0 Å². The summed E-state index contributed by atoms with van der Waals surface area (Å²) in [6.45, 7) is 4.39. The molecular weight excluding hydrogens is 276 g/mol. The van der Waals surface area contributed by atoms with Crippen LogP contribution < -0.4 is 0 Å². The van der Waals surface area contributed by atoms with E-state index in [1.807, 2.05) is 13.1 Å². The maximum atomic E-state index is 11.9. The van der Waals surface area contributed by atoms with E-state index in [4.69, 9.17) is 0 Å². The van der Waals surface area contributed by atoms with Crippen molar-refractivity contribution in [2.45, 2.75) is 19.3 Å². The van der Waals surface area contributed by atoms with E-state index in [0.29, 0.717) is 19.0 Å². The van der Waals surface area contributed by atoms with E-state index in [-0.39, 0.29) is 0 Å². The van der Waals surface area contributed by atoms with Crippen molar-refractivity contribution in [3.05, 3.63) is 35.9 Å². The predicted octanol–water partition coefficient (Wildman–Crippen LogP) is 1.96. The number of carbonyl (C=O) groups is 1. The van der Waals surface area contributed by atoms with Gasteiger partial charge in [0.25, 0.3) is 0 Å². The molecule has 120 valence electrons. The fourth-order valence-electron chi connectivity index (χ4n) is 4.19. The van der Waals surface area contributed by atoms with Crippen molar-refractivity contribution in [2.75, 3.05) is 39.8 Å². The molecule has 0 saturated carbocycles. The Hall–Kier alpha value is -1.39. The number of carboxylic acid groups (broad SMARTS) is 1. The van der Waals surface area contributed by atoms with Gasteiger partial charge in [0.2, 0.25) is 0 Å². The first-order chi connectivity index (χ1) is 10.6. The fraction of sp³-hybridized carbons (Fsp3) is 0.611. The summed E-state index contributed by atoms with van der Waals surface area (Å²) in [6, 6.07) is 10.5. The number of aliphatic carboxylic acids is 1. The third kappa shape index (κ3) is 3.03. The number of nitrogens with zero attached hydrogens (tertiary/aromatic N) is 2. The van der Waals surface area contributed by atoms with Gasteiger partial charge >= 0.3 is 5.97 Å². The van der Waals surface area contributed by atoms with Gasteiger partial charge in [-0.1, -0.05) is 30.3 Å². The Balaban J connectivity index is 1.57. The number of likely N-dealkylation sites (tertiary alicyclic amines) is 2. The molecular formula is C18H26N2O2. The van der Waals surface area contributed by atoms with E-state index >= 15 is 0 Å². The van der Waals surface area contributed by atoms with Gasteiger partial charge in [0.1, 0.15) is 0 Å². The molecule has 1 aromatic rings. The van der Waals surface area contributed by atoms with Gasteiger partial charge in [0.05, 0.1) is 5.41 Å². The molecule has 0 radical (unpaired) electrons. The molecule has 3 rings (SSSR count). The molecule has 22 heavy (non-hydrogen) atoms. The van der Waals surface area contributed by atoms with E-state index in [9.17, 15) is 9.90 Å². The van der Waals surface area contributed by atoms with Gasteiger partial charge in [-0.25, -0.2) is 0 Å². The standard InChI is InChI=1S/C18H26N2O2/c1-19-11-9-16-12-20(14-18(16,13-19)17(21)22)10-5-8-15-6-3-2-4-7-15/h2-4,6-7,16H,5,8-14H2,1H3,(H,21,22)/t16-,18-/m0/s1. The molecule has 2 fully saturated rings. The van der Waals surface area contributed by atoms with E-state index in [2.05, 4.69) is 34.1 Å². The average molecular weight is 302 g/mol. The fourth-order valence-corrected chi connectivity index (χ4v) is 4.19. The van der Waals surface area contributed by atoms with Crippen LogP contribution in [0.2, 0.25) is 0 Å². The zero-order valence-electron chi connectivity index (χ0n) is 13.4. The third-order valence-electron chi connectivity index (χ3n) is 5.39. The summed E-state index contributed by atoms with van der Waals surface area (Å²) >= 11 is 0. The van der Waals surface area contributed by atoms with Gasteiger partial charge < -0.3 is 14.9 Å². The topological polar surface area (TPSA) is 43.8 Å². The normalized spacial score (nSPS) is 29.4. The summed E-state index contributed by atoms with van der Waals surface area (Å²) in [7, 11) is 2.04. The molecule has 4 nitrogen and oxygen atoms in total. The summed E-state index contributed by atoms with van der Waals surface area (Å²) in [5.74, 6) is -0.285. The summed E-state index contributed by atoms with van der Waals surface area (Å²) < 4.78 is 0.